The molecule has 2 aromatic heterocycles. The van der Waals surface area contributed by atoms with Crippen molar-refractivity contribution in [3.05, 3.63) is 42.6 Å². The first-order valence-corrected chi connectivity index (χ1v) is 9.26. The first-order chi connectivity index (χ1) is 11.5. The van der Waals surface area contributed by atoms with Crippen molar-refractivity contribution in [3.63, 3.8) is 0 Å². The molecular weight excluding hydrogens is 333 g/mol. The summed E-state index contributed by atoms with van der Waals surface area (Å²) in [6, 6.07) is 5.77. The number of anilines is 1. The van der Waals surface area contributed by atoms with Crippen LogP contribution in [-0.2, 0) is 9.84 Å². The molecule has 7 nitrogen and oxygen atoms in total. The minimum Gasteiger partial charge on any atom is -0.366 e. The maximum Gasteiger partial charge on any atom is 0.168 e. The normalized spacial score (nSPS) is 19.6. The Hall–Kier alpha value is -2.55. The van der Waals surface area contributed by atoms with Gasteiger partial charge in [0.25, 0.3) is 0 Å². The summed E-state index contributed by atoms with van der Waals surface area (Å²) in [5.74, 6) is 0.517. The van der Waals surface area contributed by atoms with Crippen LogP contribution in [0.2, 0.25) is 0 Å². The fourth-order valence-electron chi connectivity index (χ4n) is 2.83. The number of nitrogens with zero attached hydrogens (tertiary/aromatic N) is 4. The van der Waals surface area contributed by atoms with Crippen molar-refractivity contribution in [3.8, 4) is 5.69 Å². The molecule has 0 spiro atoms. The van der Waals surface area contributed by atoms with Crippen molar-refractivity contribution in [1.29, 1.82) is 0 Å². The van der Waals surface area contributed by atoms with Crippen LogP contribution in [-0.4, -0.2) is 45.7 Å². The van der Waals surface area contributed by atoms with Crippen molar-refractivity contribution < 1.29 is 12.8 Å². The van der Waals surface area contributed by atoms with E-state index in [4.69, 9.17) is 0 Å². The molecule has 1 unspecified atom stereocenters. The highest BCUT2D eigenvalue weighted by atomic mass is 32.2. The van der Waals surface area contributed by atoms with Gasteiger partial charge in [0, 0.05) is 6.04 Å². The molecule has 0 amide bonds. The molecule has 24 heavy (non-hydrogen) atoms. The number of rotatable bonds is 3. The molecule has 3 aromatic rings. The summed E-state index contributed by atoms with van der Waals surface area (Å²) in [5.41, 5.74) is 1.25. The Labute approximate surface area is 137 Å². The van der Waals surface area contributed by atoms with Crippen molar-refractivity contribution in [1.82, 2.24) is 19.7 Å². The summed E-state index contributed by atoms with van der Waals surface area (Å²) in [5, 5.41) is 8.15. The third-order valence-electron chi connectivity index (χ3n) is 4.01. The summed E-state index contributed by atoms with van der Waals surface area (Å²) < 4.78 is 37.9. The van der Waals surface area contributed by atoms with Crippen molar-refractivity contribution in [2.24, 2.45) is 0 Å². The highest BCUT2D eigenvalue weighted by Crippen LogP contribution is 2.24. The number of hydrogen-bond acceptors (Lipinski definition) is 6. The zero-order chi connectivity index (χ0) is 16.7. The first kappa shape index (κ1) is 15.0. The van der Waals surface area contributed by atoms with Gasteiger partial charge < -0.3 is 5.32 Å². The summed E-state index contributed by atoms with van der Waals surface area (Å²) in [4.78, 5) is 8.45. The number of sulfone groups is 1. The smallest absolute Gasteiger partial charge is 0.168 e. The van der Waals surface area contributed by atoms with Crippen molar-refractivity contribution in [2.75, 3.05) is 16.8 Å². The average Bonchev–Trinajstić information content (AvgIpc) is 3.12. The largest absolute Gasteiger partial charge is 0.366 e. The van der Waals surface area contributed by atoms with Gasteiger partial charge in [-0.15, -0.1) is 0 Å². The van der Waals surface area contributed by atoms with Crippen LogP contribution in [0.1, 0.15) is 6.42 Å². The number of nitrogens with one attached hydrogen (secondary N) is 1. The van der Waals surface area contributed by atoms with Gasteiger partial charge in [-0.25, -0.2) is 27.5 Å². The summed E-state index contributed by atoms with van der Waals surface area (Å²) in [7, 11) is -2.97. The van der Waals surface area contributed by atoms with E-state index in [-0.39, 0.29) is 23.4 Å². The monoisotopic (exact) mass is 347 g/mol. The van der Waals surface area contributed by atoms with Crippen LogP contribution in [0.25, 0.3) is 16.7 Å². The van der Waals surface area contributed by atoms with E-state index < -0.39 is 9.84 Å². The molecule has 1 N–H and O–H groups in total. The SMILES string of the molecule is O=S1(=O)CCC(Nc2ncnc3c2cnn3-c2ccc(F)cc2)C1. The van der Waals surface area contributed by atoms with Crippen LogP contribution in [0.15, 0.2) is 36.8 Å². The van der Waals surface area contributed by atoms with Gasteiger partial charge >= 0.3 is 0 Å². The van der Waals surface area contributed by atoms with Crippen LogP contribution < -0.4 is 5.32 Å². The van der Waals surface area contributed by atoms with Crippen LogP contribution >= 0.6 is 0 Å². The molecule has 124 valence electrons. The lowest BCUT2D eigenvalue weighted by Gasteiger charge is -2.11. The van der Waals surface area contributed by atoms with Gasteiger partial charge in [-0.05, 0) is 30.7 Å². The molecule has 1 saturated heterocycles. The molecule has 0 radical (unpaired) electrons. The fourth-order valence-corrected chi connectivity index (χ4v) is 4.51. The standard InChI is InChI=1S/C15H14FN5O2S/c16-10-1-3-12(4-2-10)21-15-13(7-19-21)14(17-9-18-15)20-11-5-6-24(22,23)8-11/h1-4,7,9,11H,5-6,8H2,(H,17,18,20). The third kappa shape index (κ3) is 2.71. The van der Waals surface area contributed by atoms with Crippen LogP contribution in [0.3, 0.4) is 0 Å². The first-order valence-electron chi connectivity index (χ1n) is 7.43. The molecule has 1 aromatic carbocycles. The second kappa shape index (κ2) is 5.52. The summed E-state index contributed by atoms with van der Waals surface area (Å²) >= 11 is 0. The molecule has 0 bridgehead atoms. The maximum atomic E-state index is 13.1. The molecule has 1 atom stereocenters. The quantitative estimate of drug-likeness (QED) is 0.773. The lowest BCUT2D eigenvalue weighted by molar-refractivity contribution is 0.602. The predicted octanol–water partition coefficient (Wildman–Crippen LogP) is 1.55. The molecule has 0 saturated carbocycles. The number of benzene rings is 1. The minimum atomic E-state index is -2.97. The second-order valence-electron chi connectivity index (χ2n) is 5.74. The van der Waals surface area contributed by atoms with E-state index in [9.17, 15) is 12.8 Å². The number of fused-ring (bicyclic) bond motifs is 1. The van der Waals surface area contributed by atoms with Gasteiger partial charge in [0.2, 0.25) is 0 Å². The Morgan fingerprint density at radius 1 is 1.21 bits per heavy atom. The third-order valence-corrected chi connectivity index (χ3v) is 5.78. The molecule has 1 fully saturated rings. The van der Waals surface area contributed by atoms with E-state index >= 15 is 0 Å². The highest BCUT2D eigenvalue weighted by Gasteiger charge is 2.28. The maximum absolute atomic E-state index is 13.1. The lowest BCUT2D eigenvalue weighted by atomic mass is 10.2. The fraction of sp³-hybridized carbons (Fsp3) is 0.267. The van der Waals surface area contributed by atoms with E-state index in [2.05, 4.69) is 20.4 Å². The van der Waals surface area contributed by atoms with Gasteiger partial charge in [0.05, 0.1) is 28.8 Å². The number of halogens is 1. The van der Waals surface area contributed by atoms with Gasteiger partial charge in [0.15, 0.2) is 15.5 Å². The molecule has 0 aliphatic carbocycles. The molecule has 9 heteroatoms. The Morgan fingerprint density at radius 2 is 2.00 bits per heavy atom. The highest BCUT2D eigenvalue weighted by molar-refractivity contribution is 7.91. The molecule has 4 rings (SSSR count). The molecule has 1 aliphatic rings. The Bertz CT molecular complexity index is 1000. The topological polar surface area (TPSA) is 89.8 Å². The van der Waals surface area contributed by atoms with E-state index in [1.165, 1.54) is 18.5 Å². The van der Waals surface area contributed by atoms with Gasteiger partial charge in [0.1, 0.15) is 18.0 Å². The van der Waals surface area contributed by atoms with Crippen LogP contribution in [0.4, 0.5) is 10.2 Å². The molecular formula is C15H14FN5O2S. The summed E-state index contributed by atoms with van der Waals surface area (Å²) in [6.45, 7) is 0. The van der Waals surface area contributed by atoms with E-state index in [1.807, 2.05) is 0 Å². The van der Waals surface area contributed by atoms with Gasteiger partial charge in [-0.2, -0.15) is 5.10 Å². The Balaban J connectivity index is 1.70. The van der Waals surface area contributed by atoms with E-state index in [0.717, 1.165) is 0 Å². The molecule has 3 heterocycles. The van der Waals surface area contributed by atoms with Crippen LogP contribution in [0.5, 0.6) is 0 Å². The van der Waals surface area contributed by atoms with E-state index in [0.29, 0.717) is 29.0 Å². The zero-order valence-corrected chi connectivity index (χ0v) is 13.4. The zero-order valence-electron chi connectivity index (χ0n) is 12.6. The summed E-state index contributed by atoms with van der Waals surface area (Å²) in [6.07, 6.45) is 3.57. The average molecular weight is 347 g/mol. The number of aromatic nitrogens is 4. The van der Waals surface area contributed by atoms with Gasteiger partial charge in [-0.1, -0.05) is 0 Å². The van der Waals surface area contributed by atoms with Crippen LogP contribution in [0, 0.1) is 5.82 Å². The van der Waals surface area contributed by atoms with Crippen molar-refractivity contribution >= 4 is 26.7 Å². The van der Waals surface area contributed by atoms with Gasteiger partial charge in [-0.3, -0.25) is 0 Å². The lowest BCUT2D eigenvalue weighted by Crippen LogP contribution is -2.21. The van der Waals surface area contributed by atoms with Crippen molar-refractivity contribution in [2.45, 2.75) is 12.5 Å². The minimum absolute atomic E-state index is 0.102. The Morgan fingerprint density at radius 3 is 2.71 bits per heavy atom. The second-order valence-corrected chi connectivity index (χ2v) is 7.97. The van der Waals surface area contributed by atoms with E-state index in [1.54, 1.807) is 23.0 Å². The predicted molar refractivity (Wildman–Crippen MR) is 87.3 cm³/mol. The number of hydrogen-bond donors (Lipinski definition) is 1. The Kier molecular flexibility index (Phi) is 3.45. The molecule has 1 aliphatic heterocycles.